The van der Waals surface area contributed by atoms with Gasteiger partial charge in [-0.2, -0.15) is 10.2 Å². The third-order valence-electron chi connectivity index (χ3n) is 2.48. The van der Waals surface area contributed by atoms with Crippen molar-refractivity contribution in [3.05, 3.63) is 42.0 Å². The van der Waals surface area contributed by atoms with Gasteiger partial charge in [0.1, 0.15) is 5.69 Å². The Kier molecular flexibility index (Phi) is 3.18. The highest BCUT2D eigenvalue weighted by Gasteiger charge is 2.05. The second kappa shape index (κ2) is 4.78. The molecule has 0 aliphatic carbocycles. The topological polar surface area (TPSA) is 52.7 Å². The van der Waals surface area contributed by atoms with Gasteiger partial charge in [-0.1, -0.05) is 0 Å². The van der Waals surface area contributed by atoms with Crippen molar-refractivity contribution < 1.29 is 4.79 Å². The van der Waals surface area contributed by atoms with Crippen LogP contribution in [0.5, 0.6) is 0 Å². The van der Waals surface area contributed by atoms with E-state index in [9.17, 15) is 4.79 Å². The lowest BCUT2D eigenvalue weighted by Gasteiger charge is -1.94. The number of ketones is 1. The summed E-state index contributed by atoms with van der Waals surface area (Å²) in [5.74, 6) is -0.0609. The predicted molar refractivity (Wildman–Crippen MR) is 64.5 cm³/mol. The second-order valence-corrected chi connectivity index (χ2v) is 3.67. The Morgan fingerprint density at radius 1 is 1.47 bits per heavy atom. The fourth-order valence-electron chi connectivity index (χ4n) is 1.51. The molecule has 0 saturated carbocycles. The Morgan fingerprint density at radius 2 is 2.29 bits per heavy atom. The molecular weight excluding hydrogens is 216 g/mol. The Balaban J connectivity index is 2.11. The summed E-state index contributed by atoms with van der Waals surface area (Å²) < 4.78 is 3.37. The van der Waals surface area contributed by atoms with Gasteiger partial charge in [0.15, 0.2) is 0 Å². The van der Waals surface area contributed by atoms with Gasteiger partial charge in [-0.25, -0.2) is 0 Å². The molecule has 0 radical (unpaired) electrons. The van der Waals surface area contributed by atoms with Crippen LogP contribution in [0, 0.1) is 0 Å². The lowest BCUT2D eigenvalue weighted by molar-refractivity contribution is 0.103. The fourth-order valence-corrected chi connectivity index (χ4v) is 1.51. The smallest absolute Gasteiger partial charge is 0.203 e. The molecule has 2 aromatic rings. The molecule has 88 valence electrons. The summed E-state index contributed by atoms with van der Waals surface area (Å²) in [4.78, 5) is 11.8. The summed E-state index contributed by atoms with van der Waals surface area (Å²) >= 11 is 0. The lowest BCUT2D eigenvalue weighted by atomic mass is 10.2. The zero-order valence-electron chi connectivity index (χ0n) is 9.87. The molecule has 0 unspecified atom stereocenters. The number of carbonyl (C=O) groups excluding carboxylic acids is 1. The SMILES string of the molecule is CCn1cc(/C=C/C(=O)c2ccnn2C)cn1. The van der Waals surface area contributed by atoms with E-state index in [2.05, 4.69) is 10.2 Å². The van der Waals surface area contributed by atoms with Gasteiger partial charge in [0, 0.05) is 31.5 Å². The second-order valence-electron chi connectivity index (χ2n) is 3.67. The molecule has 0 aromatic carbocycles. The van der Waals surface area contributed by atoms with Crippen LogP contribution in [0.15, 0.2) is 30.7 Å². The molecule has 0 aliphatic rings. The lowest BCUT2D eigenvalue weighted by Crippen LogP contribution is -2.03. The van der Waals surface area contributed by atoms with Crippen molar-refractivity contribution in [3.8, 4) is 0 Å². The number of aryl methyl sites for hydroxylation is 2. The molecule has 0 atom stereocenters. The largest absolute Gasteiger partial charge is 0.288 e. The first-order chi connectivity index (χ1) is 8.20. The predicted octanol–water partition coefficient (Wildman–Crippen LogP) is 1.53. The summed E-state index contributed by atoms with van der Waals surface area (Å²) in [5, 5.41) is 8.09. The number of nitrogens with zero attached hydrogens (tertiary/aromatic N) is 4. The van der Waals surface area contributed by atoms with E-state index in [0.717, 1.165) is 12.1 Å². The zero-order chi connectivity index (χ0) is 12.3. The van der Waals surface area contributed by atoms with Crippen LogP contribution in [0.2, 0.25) is 0 Å². The van der Waals surface area contributed by atoms with E-state index in [-0.39, 0.29) is 5.78 Å². The van der Waals surface area contributed by atoms with E-state index in [1.165, 1.54) is 6.08 Å². The minimum absolute atomic E-state index is 0.0609. The van der Waals surface area contributed by atoms with Crippen LogP contribution < -0.4 is 0 Å². The normalized spacial score (nSPS) is 11.2. The van der Waals surface area contributed by atoms with E-state index in [1.807, 2.05) is 17.8 Å². The monoisotopic (exact) mass is 230 g/mol. The first-order valence-corrected chi connectivity index (χ1v) is 5.43. The van der Waals surface area contributed by atoms with Gasteiger partial charge in [-0.3, -0.25) is 14.2 Å². The Morgan fingerprint density at radius 3 is 2.88 bits per heavy atom. The average Bonchev–Trinajstić information content (AvgIpc) is 2.94. The average molecular weight is 230 g/mol. The highest BCUT2D eigenvalue weighted by atomic mass is 16.1. The molecule has 0 fully saturated rings. The van der Waals surface area contributed by atoms with Crippen LogP contribution in [0.4, 0.5) is 0 Å². The van der Waals surface area contributed by atoms with Gasteiger partial charge in [0.2, 0.25) is 5.78 Å². The van der Waals surface area contributed by atoms with Crippen LogP contribution in [0.25, 0.3) is 6.08 Å². The van der Waals surface area contributed by atoms with E-state index < -0.39 is 0 Å². The number of aromatic nitrogens is 4. The fraction of sp³-hybridized carbons (Fsp3) is 0.250. The minimum atomic E-state index is -0.0609. The summed E-state index contributed by atoms with van der Waals surface area (Å²) in [6.07, 6.45) is 8.53. The molecular formula is C12H14N4O. The number of allylic oxidation sites excluding steroid dienone is 1. The Hall–Kier alpha value is -2.17. The van der Waals surface area contributed by atoms with Gasteiger partial charge >= 0.3 is 0 Å². The molecule has 5 nitrogen and oxygen atoms in total. The van der Waals surface area contributed by atoms with Gasteiger partial charge in [0.05, 0.1) is 6.20 Å². The summed E-state index contributed by atoms with van der Waals surface area (Å²) in [6, 6.07) is 1.70. The van der Waals surface area contributed by atoms with Gasteiger partial charge in [-0.05, 0) is 25.1 Å². The minimum Gasteiger partial charge on any atom is -0.288 e. The molecule has 0 aliphatic heterocycles. The molecule has 0 N–H and O–H groups in total. The number of hydrogen-bond acceptors (Lipinski definition) is 3. The quantitative estimate of drug-likeness (QED) is 0.591. The molecule has 5 heteroatoms. The number of hydrogen-bond donors (Lipinski definition) is 0. The first-order valence-electron chi connectivity index (χ1n) is 5.43. The van der Waals surface area contributed by atoms with Gasteiger partial charge in [0.25, 0.3) is 0 Å². The van der Waals surface area contributed by atoms with Crippen LogP contribution in [-0.2, 0) is 13.6 Å². The Bertz CT molecular complexity index is 550. The van der Waals surface area contributed by atoms with Crippen molar-refractivity contribution in [1.82, 2.24) is 19.6 Å². The Labute approximate surface area is 99.4 Å². The third kappa shape index (κ3) is 2.50. The highest BCUT2D eigenvalue weighted by molar-refractivity contribution is 6.05. The molecule has 0 bridgehead atoms. The molecule has 0 saturated heterocycles. The number of rotatable bonds is 4. The van der Waals surface area contributed by atoms with Crippen molar-refractivity contribution in [2.45, 2.75) is 13.5 Å². The van der Waals surface area contributed by atoms with E-state index in [4.69, 9.17) is 0 Å². The molecule has 2 rings (SSSR count). The van der Waals surface area contributed by atoms with Crippen LogP contribution in [-0.4, -0.2) is 25.3 Å². The summed E-state index contributed by atoms with van der Waals surface area (Å²) in [7, 11) is 1.75. The van der Waals surface area contributed by atoms with Crippen LogP contribution in [0.3, 0.4) is 0 Å². The standard InChI is InChI=1S/C12H14N4O/c1-3-16-9-10(8-14-16)4-5-12(17)11-6-7-13-15(11)2/h4-9H,3H2,1-2H3/b5-4+. The van der Waals surface area contributed by atoms with Crippen LogP contribution in [0.1, 0.15) is 23.0 Å². The maximum Gasteiger partial charge on any atom is 0.203 e. The van der Waals surface area contributed by atoms with Crippen LogP contribution >= 0.6 is 0 Å². The van der Waals surface area contributed by atoms with E-state index in [0.29, 0.717) is 5.69 Å². The molecule has 2 heterocycles. The maximum atomic E-state index is 11.8. The molecule has 0 spiro atoms. The highest BCUT2D eigenvalue weighted by Crippen LogP contribution is 2.04. The summed E-state index contributed by atoms with van der Waals surface area (Å²) in [5.41, 5.74) is 1.49. The first kappa shape index (κ1) is 11.3. The maximum absolute atomic E-state index is 11.8. The van der Waals surface area contributed by atoms with Crippen molar-refractivity contribution >= 4 is 11.9 Å². The molecule has 0 amide bonds. The van der Waals surface area contributed by atoms with Crippen molar-refractivity contribution in [1.29, 1.82) is 0 Å². The van der Waals surface area contributed by atoms with Crippen molar-refractivity contribution in [2.24, 2.45) is 7.05 Å². The molecule has 17 heavy (non-hydrogen) atoms. The third-order valence-corrected chi connectivity index (χ3v) is 2.48. The van der Waals surface area contributed by atoms with Crippen molar-refractivity contribution in [2.75, 3.05) is 0 Å². The van der Waals surface area contributed by atoms with E-state index in [1.54, 1.807) is 36.3 Å². The van der Waals surface area contributed by atoms with Crippen molar-refractivity contribution in [3.63, 3.8) is 0 Å². The van der Waals surface area contributed by atoms with Gasteiger partial charge < -0.3 is 0 Å². The van der Waals surface area contributed by atoms with E-state index >= 15 is 0 Å². The zero-order valence-corrected chi connectivity index (χ0v) is 9.87. The number of carbonyl (C=O) groups is 1. The van der Waals surface area contributed by atoms with Gasteiger partial charge in [-0.15, -0.1) is 0 Å². The molecule has 2 aromatic heterocycles. The summed E-state index contributed by atoms with van der Waals surface area (Å²) in [6.45, 7) is 2.84.